The van der Waals surface area contributed by atoms with Crippen LogP contribution < -0.4 is 9.62 Å². The summed E-state index contributed by atoms with van der Waals surface area (Å²) in [6.07, 6.45) is 1.49. The largest absolute Gasteiger partial charge is 0.324 e. The zero-order valence-corrected chi connectivity index (χ0v) is 17.6. The summed E-state index contributed by atoms with van der Waals surface area (Å²) < 4.78 is 26.3. The normalized spacial score (nSPS) is 12.5. The minimum atomic E-state index is -3.64. The van der Waals surface area contributed by atoms with E-state index < -0.39 is 16.1 Å². The van der Waals surface area contributed by atoms with Gasteiger partial charge in [0.05, 0.1) is 11.9 Å². The van der Waals surface area contributed by atoms with Crippen LogP contribution in [0, 0.1) is 27.7 Å². The Hall–Kier alpha value is -2.34. The van der Waals surface area contributed by atoms with Crippen LogP contribution in [0.3, 0.4) is 0 Å². The van der Waals surface area contributed by atoms with E-state index in [-0.39, 0.29) is 5.91 Å². The molecular formula is C21H28N2O3S. The van der Waals surface area contributed by atoms with Crippen LogP contribution in [0.4, 0.5) is 11.4 Å². The van der Waals surface area contributed by atoms with Crippen molar-refractivity contribution in [2.24, 2.45) is 0 Å². The quantitative estimate of drug-likeness (QED) is 0.810. The van der Waals surface area contributed by atoms with Crippen LogP contribution in [0.2, 0.25) is 0 Å². The maximum Gasteiger partial charge on any atom is 0.248 e. The molecular weight excluding hydrogens is 360 g/mol. The van der Waals surface area contributed by atoms with Crippen molar-refractivity contribution >= 4 is 27.3 Å². The Labute approximate surface area is 162 Å². The lowest BCUT2D eigenvalue weighted by Gasteiger charge is -2.30. The van der Waals surface area contributed by atoms with Crippen LogP contribution in [0.1, 0.15) is 35.6 Å². The van der Waals surface area contributed by atoms with E-state index in [2.05, 4.69) is 5.32 Å². The van der Waals surface area contributed by atoms with Gasteiger partial charge in [0, 0.05) is 5.69 Å². The van der Waals surface area contributed by atoms with Gasteiger partial charge in [-0.25, -0.2) is 8.42 Å². The fourth-order valence-electron chi connectivity index (χ4n) is 3.20. The van der Waals surface area contributed by atoms with E-state index >= 15 is 0 Å². The van der Waals surface area contributed by atoms with E-state index in [0.717, 1.165) is 28.5 Å². The zero-order chi connectivity index (χ0) is 20.4. The Morgan fingerprint density at radius 2 is 1.59 bits per heavy atom. The van der Waals surface area contributed by atoms with Gasteiger partial charge in [-0.1, -0.05) is 19.1 Å². The lowest BCUT2D eigenvalue weighted by molar-refractivity contribution is -0.117. The van der Waals surface area contributed by atoms with Gasteiger partial charge in [0.1, 0.15) is 6.04 Å². The van der Waals surface area contributed by atoms with Gasteiger partial charge in [0.2, 0.25) is 15.9 Å². The first-order valence-electron chi connectivity index (χ1n) is 8.98. The average molecular weight is 389 g/mol. The molecule has 1 atom stereocenters. The molecule has 0 unspecified atom stereocenters. The maximum absolute atomic E-state index is 13.0. The van der Waals surface area contributed by atoms with Crippen molar-refractivity contribution in [3.8, 4) is 0 Å². The fourth-order valence-corrected chi connectivity index (χ4v) is 4.40. The van der Waals surface area contributed by atoms with Gasteiger partial charge in [-0.05, 0) is 80.6 Å². The summed E-state index contributed by atoms with van der Waals surface area (Å²) >= 11 is 0. The lowest BCUT2D eigenvalue weighted by Crippen LogP contribution is -2.47. The number of amides is 1. The molecule has 1 amide bonds. The molecule has 0 aliphatic rings. The van der Waals surface area contributed by atoms with Gasteiger partial charge in [-0.15, -0.1) is 0 Å². The molecule has 1 N–H and O–H groups in total. The first kappa shape index (κ1) is 21.0. The van der Waals surface area contributed by atoms with Crippen molar-refractivity contribution in [1.29, 1.82) is 0 Å². The minimum absolute atomic E-state index is 0.342. The highest BCUT2D eigenvalue weighted by Gasteiger charge is 2.31. The van der Waals surface area contributed by atoms with Gasteiger partial charge in [-0.2, -0.15) is 0 Å². The van der Waals surface area contributed by atoms with E-state index in [9.17, 15) is 13.2 Å². The van der Waals surface area contributed by atoms with Crippen LogP contribution in [-0.2, 0) is 14.8 Å². The van der Waals surface area contributed by atoms with Gasteiger partial charge < -0.3 is 5.32 Å². The monoisotopic (exact) mass is 388 g/mol. The summed E-state index contributed by atoms with van der Waals surface area (Å²) in [5.41, 5.74) is 5.29. The molecule has 0 spiro atoms. The molecule has 0 saturated heterocycles. The van der Waals surface area contributed by atoms with Gasteiger partial charge >= 0.3 is 0 Å². The highest BCUT2D eigenvalue weighted by molar-refractivity contribution is 7.92. The third-order valence-electron chi connectivity index (χ3n) is 4.56. The third kappa shape index (κ3) is 5.10. The number of aryl methyl sites for hydroxylation is 4. The van der Waals surface area contributed by atoms with Crippen LogP contribution >= 0.6 is 0 Å². The highest BCUT2D eigenvalue weighted by atomic mass is 32.2. The van der Waals surface area contributed by atoms with Gasteiger partial charge in [0.25, 0.3) is 0 Å². The summed E-state index contributed by atoms with van der Waals surface area (Å²) in [4.78, 5) is 13.0. The predicted molar refractivity (Wildman–Crippen MR) is 112 cm³/mol. The number of carbonyl (C=O) groups excluding carboxylic acids is 1. The molecule has 0 bridgehead atoms. The smallest absolute Gasteiger partial charge is 0.248 e. The number of sulfonamides is 1. The van der Waals surface area contributed by atoms with E-state index in [4.69, 9.17) is 0 Å². The second-order valence-electron chi connectivity index (χ2n) is 7.12. The lowest BCUT2D eigenvalue weighted by atomic mass is 10.1. The Morgan fingerprint density at radius 1 is 1.00 bits per heavy atom. The van der Waals surface area contributed by atoms with Crippen LogP contribution in [0.25, 0.3) is 0 Å². The molecule has 2 aromatic rings. The number of rotatable bonds is 6. The van der Waals surface area contributed by atoms with E-state index in [1.54, 1.807) is 6.07 Å². The zero-order valence-electron chi connectivity index (χ0n) is 16.8. The standard InChI is InChI=1S/C21H28N2O3S/c1-7-20(21(24)22-18-11-14(2)10-15(3)12-18)23(27(6,25)26)19-9-8-16(4)17(5)13-19/h8-13,20H,7H2,1-6H3,(H,22,24)/t20-/m0/s1. The molecule has 5 nitrogen and oxygen atoms in total. The molecule has 6 heteroatoms. The second-order valence-corrected chi connectivity index (χ2v) is 8.98. The van der Waals surface area contributed by atoms with Crippen molar-refractivity contribution in [3.63, 3.8) is 0 Å². The van der Waals surface area contributed by atoms with Crippen LogP contribution in [0.5, 0.6) is 0 Å². The molecule has 146 valence electrons. The van der Waals surface area contributed by atoms with Crippen molar-refractivity contribution in [1.82, 2.24) is 0 Å². The second kappa shape index (κ2) is 8.13. The fraction of sp³-hybridized carbons (Fsp3) is 0.381. The van der Waals surface area contributed by atoms with Crippen molar-refractivity contribution < 1.29 is 13.2 Å². The number of nitrogens with one attached hydrogen (secondary N) is 1. The van der Waals surface area contributed by atoms with Crippen LogP contribution in [-0.4, -0.2) is 26.6 Å². The van der Waals surface area contributed by atoms with E-state index in [0.29, 0.717) is 17.8 Å². The van der Waals surface area contributed by atoms with Gasteiger partial charge in [-0.3, -0.25) is 9.10 Å². The molecule has 0 aliphatic carbocycles. The molecule has 0 heterocycles. The topological polar surface area (TPSA) is 66.5 Å². The molecule has 0 aromatic heterocycles. The Bertz CT molecular complexity index is 932. The third-order valence-corrected chi connectivity index (χ3v) is 5.74. The van der Waals surface area contributed by atoms with Crippen molar-refractivity contribution in [2.75, 3.05) is 15.9 Å². The molecule has 2 rings (SSSR count). The Morgan fingerprint density at radius 3 is 2.07 bits per heavy atom. The summed E-state index contributed by atoms with van der Waals surface area (Å²) in [5, 5.41) is 2.88. The Balaban J connectivity index is 2.42. The van der Waals surface area contributed by atoms with E-state index in [1.807, 2.05) is 65.0 Å². The summed E-state index contributed by atoms with van der Waals surface area (Å²) in [5.74, 6) is -0.342. The van der Waals surface area contributed by atoms with Crippen molar-refractivity contribution in [3.05, 3.63) is 58.7 Å². The molecule has 0 fully saturated rings. The number of nitrogens with zero attached hydrogens (tertiary/aromatic N) is 1. The highest BCUT2D eigenvalue weighted by Crippen LogP contribution is 2.26. The SMILES string of the molecule is CC[C@@H](C(=O)Nc1cc(C)cc(C)c1)N(c1ccc(C)c(C)c1)S(C)(=O)=O. The number of hydrogen-bond donors (Lipinski definition) is 1. The molecule has 2 aromatic carbocycles. The number of benzene rings is 2. The molecule has 27 heavy (non-hydrogen) atoms. The van der Waals surface area contributed by atoms with E-state index in [1.165, 1.54) is 4.31 Å². The number of hydrogen-bond acceptors (Lipinski definition) is 3. The maximum atomic E-state index is 13.0. The number of carbonyl (C=O) groups is 1. The average Bonchev–Trinajstić information content (AvgIpc) is 2.53. The first-order valence-corrected chi connectivity index (χ1v) is 10.8. The number of anilines is 2. The van der Waals surface area contributed by atoms with Crippen molar-refractivity contribution in [2.45, 2.75) is 47.1 Å². The molecule has 0 radical (unpaired) electrons. The predicted octanol–water partition coefficient (Wildman–Crippen LogP) is 4.10. The Kier molecular flexibility index (Phi) is 6.31. The van der Waals surface area contributed by atoms with Crippen LogP contribution in [0.15, 0.2) is 36.4 Å². The molecule has 0 saturated carbocycles. The minimum Gasteiger partial charge on any atom is -0.324 e. The summed E-state index contributed by atoms with van der Waals surface area (Å²) in [6.45, 7) is 9.62. The van der Waals surface area contributed by atoms with Gasteiger partial charge in [0.15, 0.2) is 0 Å². The molecule has 0 aliphatic heterocycles. The summed E-state index contributed by atoms with van der Waals surface area (Å²) in [7, 11) is -3.64. The first-order chi connectivity index (χ1) is 12.5. The summed E-state index contributed by atoms with van der Waals surface area (Å²) in [6, 6.07) is 10.4.